The second kappa shape index (κ2) is 8.71. The standard InChI is InChI=1S/C22H24FN3O4/c1-3-30-19-11-20-24-16(14-7-9-29-10-8-14)12-26(20)13-17(19)25-22(27)15-5-4-6-18(28-2)21(15)23/h4-6,11-14H,3,7-10H2,1-2H3,(H,25,27). The summed E-state index contributed by atoms with van der Waals surface area (Å²) in [6.45, 7) is 3.74. The number of halogens is 1. The highest BCUT2D eigenvalue weighted by Crippen LogP contribution is 2.31. The van der Waals surface area contributed by atoms with Crippen LogP contribution in [0.5, 0.6) is 11.5 Å². The van der Waals surface area contributed by atoms with Crippen LogP contribution in [0.2, 0.25) is 0 Å². The largest absolute Gasteiger partial charge is 0.494 e. The molecule has 0 unspecified atom stereocenters. The van der Waals surface area contributed by atoms with Crippen molar-refractivity contribution < 1.29 is 23.4 Å². The Hall–Kier alpha value is -3.13. The average Bonchev–Trinajstić information content (AvgIpc) is 3.17. The van der Waals surface area contributed by atoms with E-state index in [1.165, 1.54) is 19.2 Å². The number of aromatic nitrogens is 2. The summed E-state index contributed by atoms with van der Waals surface area (Å²) in [6, 6.07) is 6.23. The molecule has 8 heteroatoms. The number of hydrogen-bond donors (Lipinski definition) is 1. The Balaban J connectivity index is 1.66. The van der Waals surface area contributed by atoms with Crippen molar-refractivity contribution in [1.82, 2.24) is 9.38 Å². The maximum Gasteiger partial charge on any atom is 0.258 e. The number of methoxy groups -OCH3 is 1. The van der Waals surface area contributed by atoms with Gasteiger partial charge in [0.05, 0.1) is 25.0 Å². The van der Waals surface area contributed by atoms with Gasteiger partial charge in [0.25, 0.3) is 5.91 Å². The minimum Gasteiger partial charge on any atom is -0.494 e. The van der Waals surface area contributed by atoms with Crippen molar-refractivity contribution in [2.75, 3.05) is 32.2 Å². The molecule has 30 heavy (non-hydrogen) atoms. The number of fused-ring (bicyclic) bond motifs is 1. The molecule has 158 valence electrons. The maximum absolute atomic E-state index is 14.5. The van der Waals surface area contributed by atoms with Crippen LogP contribution in [0.1, 0.15) is 41.7 Å². The number of pyridine rings is 1. The summed E-state index contributed by atoms with van der Waals surface area (Å²) in [4.78, 5) is 17.5. The first kappa shape index (κ1) is 20.2. The van der Waals surface area contributed by atoms with Crippen LogP contribution in [0.3, 0.4) is 0 Å². The second-order valence-electron chi connectivity index (χ2n) is 7.08. The topological polar surface area (TPSA) is 74.1 Å². The van der Waals surface area contributed by atoms with Crippen LogP contribution in [0.15, 0.2) is 36.7 Å². The minimum atomic E-state index is -0.707. The van der Waals surface area contributed by atoms with E-state index in [1.54, 1.807) is 18.3 Å². The second-order valence-corrected chi connectivity index (χ2v) is 7.08. The van der Waals surface area contributed by atoms with Gasteiger partial charge in [-0.2, -0.15) is 0 Å². The van der Waals surface area contributed by atoms with Crippen LogP contribution in [-0.4, -0.2) is 42.2 Å². The Labute approximate surface area is 173 Å². The smallest absolute Gasteiger partial charge is 0.258 e. The molecule has 4 rings (SSSR count). The van der Waals surface area contributed by atoms with Gasteiger partial charge >= 0.3 is 0 Å². The Morgan fingerprint density at radius 3 is 2.83 bits per heavy atom. The lowest BCUT2D eigenvalue weighted by Gasteiger charge is -2.19. The number of nitrogens with one attached hydrogen (secondary N) is 1. The molecule has 0 aliphatic carbocycles. The molecule has 1 aromatic carbocycles. The number of hydrogen-bond acceptors (Lipinski definition) is 5. The van der Waals surface area contributed by atoms with Crippen molar-refractivity contribution in [3.8, 4) is 11.5 Å². The first-order chi connectivity index (χ1) is 14.6. The lowest BCUT2D eigenvalue weighted by molar-refractivity contribution is 0.0846. The molecule has 1 aliphatic heterocycles. The summed E-state index contributed by atoms with van der Waals surface area (Å²) in [7, 11) is 1.36. The van der Waals surface area contributed by atoms with Crippen LogP contribution >= 0.6 is 0 Å². The first-order valence-corrected chi connectivity index (χ1v) is 9.97. The van der Waals surface area contributed by atoms with Crippen molar-refractivity contribution >= 4 is 17.2 Å². The van der Waals surface area contributed by atoms with E-state index >= 15 is 0 Å². The molecule has 1 saturated heterocycles. The van der Waals surface area contributed by atoms with Crippen LogP contribution in [0.25, 0.3) is 5.65 Å². The van der Waals surface area contributed by atoms with Gasteiger partial charge in [0, 0.05) is 37.6 Å². The number of ether oxygens (including phenoxy) is 3. The number of imidazole rings is 1. The van der Waals surface area contributed by atoms with E-state index in [4.69, 9.17) is 19.2 Å². The first-order valence-electron chi connectivity index (χ1n) is 9.97. The highest BCUT2D eigenvalue weighted by atomic mass is 19.1. The zero-order chi connectivity index (χ0) is 21.1. The van der Waals surface area contributed by atoms with Gasteiger partial charge < -0.3 is 23.9 Å². The SMILES string of the molecule is CCOc1cc2nc(C3CCOCC3)cn2cc1NC(=O)c1cccc(OC)c1F. The van der Waals surface area contributed by atoms with E-state index < -0.39 is 11.7 Å². The number of carbonyl (C=O) groups is 1. The number of amides is 1. The Bertz CT molecular complexity index is 1060. The van der Waals surface area contributed by atoms with Crippen molar-refractivity contribution in [2.24, 2.45) is 0 Å². The lowest BCUT2D eigenvalue weighted by Crippen LogP contribution is -2.15. The summed E-state index contributed by atoms with van der Waals surface area (Å²) < 4.78 is 32.5. The summed E-state index contributed by atoms with van der Waals surface area (Å²) >= 11 is 0. The molecule has 1 fully saturated rings. The number of carbonyl (C=O) groups excluding carboxylic acids is 1. The number of benzene rings is 1. The zero-order valence-corrected chi connectivity index (χ0v) is 17.0. The highest BCUT2D eigenvalue weighted by molar-refractivity contribution is 6.05. The van der Waals surface area contributed by atoms with Crippen molar-refractivity contribution in [3.63, 3.8) is 0 Å². The molecule has 3 aromatic rings. The van der Waals surface area contributed by atoms with Crippen molar-refractivity contribution in [1.29, 1.82) is 0 Å². The monoisotopic (exact) mass is 413 g/mol. The fraction of sp³-hybridized carbons (Fsp3) is 0.364. The molecule has 1 aliphatic rings. The third-order valence-corrected chi connectivity index (χ3v) is 5.19. The molecule has 1 amide bonds. The fourth-order valence-corrected chi connectivity index (χ4v) is 3.63. The van der Waals surface area contributed by atoms with Gasteiger partial charge in [0.2, 0.25) is 0 Å². The van der Waals surface area contributed by atoms with Crippen molar-refractivity contribution in [3.05, 3.63) is 53.7 Å². The summed E-state index contributed by atoms with van der Waals surface area (Å²) in [5.41, 5.74) is 2.05. The zero-order valence-electron chi connectivity index (χ0n) is 17.0. The highest BCUT2D eigenvalue weighted by Gasteiger charge is 2.21. The maximum atomic E-state index is 14.5. The van der Waals surface area contributed by atoms with Gasteiger partial charge in [0.1, 0.15) is 17.1 Å². The Morgan fingerprint density at radius 1 is 1.30 bits per heavy atom. The molecular weight excluding hydrogens is 389 g/mol. The normalized spacial score (nSPS) is 14.6. The number of rotatable bonds is 6. The molecule has 2 aromatic heterocycles. The van der Waals surface area contributed by atoms with Crippen LogP contribution < -0.4 is 14.8 Å². The minimum absolute atomic E-state index is 0.0128. The van der Waals surface area contributed by atoms with Crippen LogP contribution in [0.4, 0.5) is 10.1 Å². The van der Waals surface area contributed by atoms with E-state index in [9.17, 15) is 9.18 Å². The van der Waals surface area contributed by atoms with Gasteiger partial charge in [-0.1, -0.05) is 6.07 Å². The molecule has 0 saturated carbocycles. The van der Waals surface area contributed by atoms with Gasteiger partial charge in [-0.3, -0.25) is 4.79 Å². The van der Waals surface area contributed by atoms with E-state index in [1.807, 2.05) is 17.5 Å². The molecule has 0 spiro atoms. The van der Waals surface area contributed by atoms with Crippen LogP contribution in [0, 0.1) is 5.82 Å². The predicted octanol–water partition coefficient (Wildman–Crippen LogP) is 4.03. The van der Waals surface area contributed by atoms with E-state index in [-0.39, 0.29) is 11.3 Å². The summed E-state index contributed by atoms with van der Waals surface area (Å²) in [6.07, 6.45) is 5.57. The third-order valence-electron chi connectivity index (χ3n) is 5.19. The Kier molecular flexibility index (Phi) is 5.85. The third kappa shape index (κ3) is 3.95. The summed E-state index contributed by atoms with van der Waals surface area (Å²) in [5.74, 6) is -0.458. The quantitative estimate of drug-likeness (QED) is 0.661. The van der Waals surface area contributed by atoms with E-state index in [2.05, 4.69) is 5.32 Å². The number of anilines is 1. The van der Waals surface area contributed by atoms with E-state index in [0.29, 0.717) is 24.0 Å². The molecule has 0 bridgehead atoms. The predicted molar refractivity (Wildman–Crippen MR) is 110 cm³/mol. The molecule has 7 nitrogen and oxygen atoms in total. The average molecular weight is 413 g/mol. The number of nitrogens with zero attached hydrogens (tertiary/aromatic N) is 2. The van der Waals surface area contributed by atoms with Gasteiger partial charge in [-0.05, 0) is 31.9 Å². The molecule has 1 N–H and O–H groups in total. The van der Waals surface area contributed by atoms with E-state index in [0.717, 1.165) is 37.4 Å². The van der Waals surface area contributed by atoms with Gasteiger partial charge in [-0.15, -0.1) is 0 Å². The summed E-state index contributed by atoms with van der Waals surface area (Å²) in [5, 5.41) is 2.76. The lowest BCUT2D eigenvalue weighted by atomic mass is 9.97. The van der Waals surface area contributed by atoms with Crippen LogP contribution in [-0.2, 0) is 4.74 Å². The molecule has 0 atom stereocenters. The van der Waals surface area contributed by atoms with Gasteiger partial charge in [-0.25, -0.2) is 9.37 Å². The Morgan fingerprint density at radius 2 is 2.10 bits per heavy atom. The fourth-order valence-electron chi connectivity index (χ4n) is 3.63. The molecular formula is C22H24FN3O4. The van der Waals surface area contributed by atoms with Crippen molar-refractivity contribution in [2.45, 2.75) is 25.7 Å². The molecule has 0 radical (unpaired) electrons. The molecule has 3 heterocycles. The van der Waals surface area contributed by atoms with Gasteiger partial charge in [0.15, 0.2) is 11.6 Å².